The smallest absolute Gasteiger partial charge is 0.244 e. The van der Waals surface area contributed by atoms with Crippen molar-refractivity contribution in [2.24, 2.45) is 5.10 Å². The van der Waals surface area contributed by atoms with Crippen molar-refractivity contribution in [1.82, 2.24) is 5.01 Å². The van der Waals surface area contributed by atoms with Crippen molar-refractivity contribution in [2.45, 2.75) is 13.2 Å². The number of hydrazone groups is 1. The highest BCUT2D eigenvalue weighted by molar-refractivity contribution is 5.98. The number of amides is 1. The first kappa shape index (κ1) is 16.6. The van der Waals surface area contributed by atoms with Gasteiger partial charge in [0.15, 0.2) is 11.5 Å². The minimum Gasteiger partial charge on any atom is -0.504 e. The zero-order valence-electron chi connectivity index (χ0n) is 14.1. The van der Waals surface area contributed by atoms with Crippen molar-refractivity contribution < 1.29 is 24.1 Å². The van der Waals surface area contributed by atoms with Crippen molar-refractivity contribution in [3.05, 3.63) is 53.6 Å². The molecule has 1 heterocycles. The van der Waals surface area contributed by atoms with Gasteiger partial charge in [-0.2, -0.15) is 5.01 Å². The maximum atomic E-state index is 12.0. The van der Waals surface area contributed by atoms with Crippen molar-refractivity contribution in [3.63, 3.8) is 0 Å². The van der Waals surface area contributed by atoms with Gasteiger partial charge in [-0.3, -0.25) is 4.79 Å². The Morgan fingerprint density at radius 2 is 1.80 bits per heavy atom. The lowest BCUT2D eigenvalue weighted by Crippen LogP contribution is -2.25. The van der Waals surface area contributed by atoms with E-state index < -0.39 is 6.23 Å². The Balaban J connectivity index is 2.03. The summed E-state index contributed by atoms with van der Waals surface area (Å²) in [5, 5.41) is 15.8. The van der Waals surface area contributed by atoms with E-state index in [-0.39, 0.29) is 23.3 Å². The summed E-state index contributed by atoms with van der Waals surface area (Å²) in [6.45, 7) is 1.38. The molecular formula is C18H18N2O5. The van der Waals surface area contributed by atoms with Gasteiger partial charge >= 0.3 is 0 Å². The molecule has 3 rings (SSSR count). The Bertz CT molecular complexity index is 834. The summed E-state index contributed by atoms with van der Waals surface area (Å²) in [6, 6.07) is 12.2. The maximum absolute atomic E-state index is 12.0. The fourth-order valence-electron chi connectivity index (χ4n) is 2.60. The second kappa shape index (κ2) is 6.72. The number of hydrogen-bond acceptors (Lipinski definition) is 6. The topological polar surface area (TPSA) is 80.6 Å². The van der Waals surface area contributed by atoms with Crippen LogP contribution in [0.4, 0.5) is 0 Å². The third-order valence-corrected chi connectivity index (χ3v) is 3.82. The Morgan fingerprint density at radius 3 is 2.48 bits per heavy atom. The molecule has 1 aliphatic rings. The van der Waals surface area contributed by atoms with Gasteiger partial charge in [0.2, 0.25) is 18.0 Å². The van der Waals surface area contributed by atoms with E-state index in [1.165, 1.54) is 19.0 Å². The van der Waals surface area contributed by atoms with Crippen LogP contribution in [0, 0.1) is 0 Å². The summed E-state index contributed by atoms with van der Waals surface area (Å²) in [4.78, 5) is 12.0. The van der Waals surface area contributed by atoms with E-state index >= 15 is 0 Å². The number of carbonyl (C=O) groups is 1. The number of aromatic hydroxyl groups is 1. The molecule has 2 aromatic carbocycles. The number of ether oxygens (including phenoxy) is 3. The van der Waals surface area contributed by atoms with Gasteiger partial charge in [-0.05, 0) is 24.3 Å². The predicted octanol–water partition coefficient (Wildman–Crippen LogP) is 2.65. The largest absolute Gasteiger partial charge is 0.504 e. The number of nitrogens with zero attached hydrogens (tertiary/aromatic N) is 2. The van der Waals surface area contributed by atoms with Gasteiger partial charge < -0.3 is 19.3 Å². The molecule has 2 aromatic rings. The van der Waals surface area contributed by atoms with E-state index in [9.17, 15) is 9.90 Å². The number of carbonyl (C=O) groups excluding carboxylic acids is 1. The fraction of sp³-hybridized carbons (Fsp3) is 0.222. The van der Waals surface area contributed by atoms with Crippen molar-refractivity contribution in [3.8, 4) is 17.2 Å². The van der Waals surface area contributed by atoms with Crippen LogP contribution in [0.15, 0.2) is 47.6 Å². The SMILES string of the molecule is COc1ccccc1C1=NN(C(C)=O)C(c2cccc(OC)c2O)O1. The number of benzene rings is 2. The molecule has 0 bridgehead atoms. The van der Waals surface area contributed by atoms with E-state index in [1.807, 2.05) is 12.1 Å². The number of methoxy groups -OCH3 is 2. The average molecular weight is 342 g/mol. The lowest BCUT2D eigenvalue weighted by Gasteiger charge is -2.21. The van der Waals surface area contributed by atoms with E-state index in [2.05, 4.69) is 5.10 Å². The second-order valence-corrected chi connectivity index (χ2v) is 5.34. The monoisotopic (exact) mass is 342 g/mol. The number of hydrogen-bond donors (Lipinski definition) is 1. The lowest BCUT2D eigenvalue weighted by molar-refractivity contribution is -0.135. The summed E-state index contributed by atoms with van der Waals surface area (Å²) in [5.74, 6) is 0.672. The van der Waals surface area contributed by atoms with Gasteiger partial charge in [-0.25, -0.2) is 0 Å². The molecule has 0 spiro atoms. The maximum Gasteiger partial charge on any atom is 0.244 e. The van der Waals surface area contributed by atoms with Crippen LogP contribution in [0.1, 0.15) is 24.3 Å². The molecule has 7 heteroatoms. The standard InChI is InChI=1S/C18H18N2O5/c1-11(21)20-18(13-8-6-10-15(24-3)16(13)22)25-17(19-20)12-7-4-5-9-14(12)23-2/h4-10,18,22H,1-3H3. The molecule has 0 radical (unpaired) electrons. The molecule has 0 fully saturated rings. The van der Waals surface area contributed by atoms with Crippen LogP contribution in [0.5, 0.6) is 17.2 Å². The van der Waals surface area contributed by atoms with Gasteiger partial charge in [-0.15, -0.1) is 5.10 Å². The summed E-state index contributed by atoms with van der Waals surface area (Å²) >= 11 is 0. The quantitative estimate of drug-likeness (QED) is 0.924. The number of phenols is 1. The van der Waals surface area contributed by atoms with E-state index in [4.69, 9.17) is 14.2 Å². The van der Waals surface area contributed by atoms with Crippen LogP contribution in [0.2, 0.25) is 0 Å². The van der Waals surface area contributed by atoms with E-state index in [1.54, 1.807) is 37.4 Å². The first-order valence-electron chi connectivity index (χ1n) is 7.61. The summed E-state index contributed by atoms with van der Waals surface area (Å²) < 4.78 is 16.3. The van der Waals surface area contributed by atoms with Gasteiger partial charge in [0.25, 0.3) is 0 Å². The summed E-state index contributed by atoms with van der Waals surface area (Å²) in [5.41, 5.74) is 0.990. The van der Waals surface area contributed by atoms with Gasteiger partial charge in [-0.1, -0.05) is 18.2 Å². The van der Waals surface area contributed by atoms with Crippen LogP contribution in [-0.4, -0.2) is 36.1 Å². The summed E-state index contributed by atoms with van der Waals surface area (Å²) in [7, 11) is 3.00. The molecule has 0 saturated heterocycles. The van der Waals surface area contributed by atoms with E-state index in [0.29, 0.717) is 16.9 Å². The Morgan fingerprint density at radius 1 is 1.12 bits per heavy atom. The molecule has 0 aromatic heterocycles. The minimum atomic E-state index is -0.896. The van der Waals surface area contributed by atoms with Crippen LogP contribution in [0.3, 0.4) is 0 Å². The Hall–Kier alpha value is -3.22. The highest BCUT2D eigenvalue weighted by atomic mass is 16.5. The van der Waals surface area contributed by atoms with Gasteiger partial charge in [0, 0.05) is 6.92 Å². The van der Waals surface area contributed by atoms with Gasteiger partial charge in [0.1, 0.15) is 5.75 Å². The van der Waals surface area contributed by atoms with Crippen LogP contribution < -0.4 is 9.47 Å². The lowest BCUT2D eigenvalue weighted by atomic mass is 10.1. The molecule has 1 N–H and O–H groups in total. The summed E-state index contributed by atoms with van der Waals surface area (Å²) in [6.07, 6.45) is -0.896. The number of phenolic OH excluding ortho intramolecular Hbond substituents is 1. The highest BCUT2D eigenvalue weighted by Gasteiger charge is 2.36. The molecule has 1 unspecified atom stereocenters. The molecule has 130 valence electrons. The molecular weight excluding hydrogens is 324 g/mol. The van der Waals surface area contributed by atoms with Crippen LogP contribution >= 0.6 is 0 Å². The van der Waals surface area contributed by atoms with Gasteiger partial charge in [0.05, 0.1) is 25.3 Å². The first-order valence-corrected chi connectivity index (χ1v) is 7.61. The molecule has 0 saturated carbocycles. The molecule has 1 amide bonds. The van der Waals surface area contributed by atoms with Crippen molar-refractivity contribution in [2.75, 3.05) is 14.2 Å². The third kappa shape index (κ3) is 2.96. The second-order valence-electron chi connectivity index (χ2n) is 5.34. The average Bonchev–Trinajstić information content (AvgIpc) is 3.07. The fourth-order valence-corrected chi connectivity index (χ4v) is 2.60. The normalized spacial score (nSPS) is 16.2. The molecule has 25 heavy (non-hydrogen) atoms. The first-order chi connectivity index (χ1) is 12.1. The predicted molar refractivity (Wildman–Crippen MR) is 90.5 cm³/mol. The van der Waals surface area contributed by atoms with Crippen molar-refractivity contribution in [1.29, 1.82) is 0 Å². The minimum absolute atomic E-state index is 0.0993. The molecule has 1 aliphatic heterocycles. The number of para-hydroxylation sites is 2. The molecule has 7 nitrogen and oxygen atoms in total. The third-order valence-electron chi connectivity index (χ3n) is 3.82. The highest BCUT2D eigenvalue weighted by Crippen LogP contribution is 2.40. The number of rotatable bonds is 4. The van der Waals surface area contributed by atoms with E-state index in [0.717, 1.165) is 0 Å². The zero-order chi connectivity index (χ0) is 18.0. The molecule has 0 aliphatic carbocycles. The van der Waals surface area contributed by atoms with Crippen molar-refractivity contribution >= 4 is 11.8 Å². The molecule has 1 atom stereocenters. The Labute approximate surface area is 145 Å². The zero-order valence-corrected chi connectivity index (χ0v) is 14.1. The Kier molecular flexibility index (Phi) is 4.47. The van der Waals surface area contributed by atoms with Crippen LogP contribution in [0.25, 0.3) is 0 Å². The van der Waals surface area contributed by atoms with Crippen LogP contribution in [-0.2, 0) is 9.53 Å².